The van der Waals surface area contributed by atoms with Gasteiger partial charge in [-0.25, -0.2) is 0 Å². The van der Waals surface area contributed by atoms with Gasteiger partial charge in [-0.05, 0) is 35.8 Å². The van der Waals surface area contributed by atoms with E-state index in [1.165, 1.54) is 19.3 Å². The van der Waals surface area contributed by atoms with Gasteiger partial charge in [0.25, 0.3) is 0 Å². The van der Waals surface area contributed by atoms with Crippen molar-refractivity contribution in [1.29, 1.82) is 0 Å². The largest absolute Gasteiger partial charge is 0.371 e. The fourth-order valence-corrected chi connectivity index (χ4v) is 3.68. The number of fused-ring (bicyclic) bond motifs is 1. The van der Waals surface area contributed by atoms with E-state index in [-0.39, 0.29) is 0 Å². The minimum Gasteiger partial charge on any atom is -0.371 e. The Labute approximate surface area is 95.8 Å². The first-order valence-corrected chi connectivity index (χ1v) is 6.21. The second-order valence-electron chi connectivity index (χ2n) is 5.48. The monoisotopic (exact) mass is 212 g/mol. The van der Waals surface area contributed by atoms with Crippen LogP contribution in [-0.4, -0.2) is 18.9 Å². The van der Waals surface area contributed by atoms with Crippen LogP contribution in [-0.2, 0) is 6.42 Å². The van der Waals surface area contributed by atoms with Crippen molar-refractivity contribution in [2.24, 2.45) is 10.4 Å². The van der Waals surface area contributed by atoms with Crippen LogP contribution in [0.3, 0.4) is 0 Å². The SMILES string of the molecule is C1=NCC(C2c3ccccc3CC23CC3)N1. The number of aliphatic imine (C=N–C) groups is 1. The maximum absolute atomic E-state index is 4.34. The molecule has 1 aliphatic heterocycles. The van der Waals surface area contributed by atoms with Gasteiger partial charge in [-0.3, -0.25) is 4.99 Å². The zero-order chi connectivity index (χ0) is 10.6. The summed E-state index contributed by atoms with van der Waals surface area (Å²) in [4.78, 5) is 4.34. The number of benzene rings is 1. The van der Waals surface area contributed by atoms with Gasteiger partial charge in [0.05, 0.1) is 18.9 Å². The minimum absolute atomic E-state index is 0.547. The third kappa shape index (κ3) is 1.05. The van der Waals surface area contributed by atoms with Crippen LogP contribution in [0.1, 0.15) is 29.9 Å². The molecule has 3 aliphatic rings. The van der Waals surface area contributed by atoms with Crippen LogP contribution in [0.2, 0.25) is 0 Å². The first-order chi connectivity index (χ1) is 7.89. The molecule has 0 amide bonds. The van der Waals surface area contributed by atoms with E-state index in [2.05, 4.69) is 34.6 Å². The number of rotatable bonds is 1. The summed E-state index contributed by atoms with van der Waals surface area (Å²) in [5.41, 5.74) is 3.76. The predicted octanol–water partition coefficient (Wildman–Crippen LogP) is 2.11. The molecule has 2 aliphatic carbocycles. The van der Waals surface area contributed by atoms with E-state index < -0.39 is 0 Å². The predicted molar refractivity (Wildman–Crippen MR) is 64.8 cm³/mol. The van der Waals surface area contributed by atoms with Crippen molar-refractivity contribution >= 4 is 6.34 Å². The lowest BCUT2D eigenvalue weighted by molar-refractivity contribution is 0.369. The molecule has 1 fully saturated rings. The fraction of sp³-hybridized carbons (Fsp3) is 0.500. The Bertz CT molecular complexity index is 452. The molecule has 1 saturated carbocycles. The van der Waals surface area contributed by atoms with Gasteiger partial charge < -0.3 is 5.32 Å². The van der Waals surface area contributed by atoms with Crippen LogP contribution in [0.25, 0.3) is 0 Å². The summed E-state index contributed by atoms with van der Waals surface area (Å²) >= 11 is 0. The Morgan fingerprint density at radius 3 is 2.88 bits per heavy atom. The molecule has 0 radical (unpaired) electrons. The lowest BCUT2D eigenvalue weighted by Gasteiger charge is -2.25. The van der Waals surface area contributed by atoms with Crippen LogP contribution in [0.5, 0.6) is 0 Å². The molecule has 1 N–H and O–H groups in total. The van der Waals surface area contributed by atoms with Gasteiger partial charge in [0.2, 0.25) is 0 Å². The number of hydrogen-bond donors (Lipinski definition) is 1. The van der Waals surface area contributed by atoms with E-state index in [9.17, 15) is 0 Å². The van der Waals surface area contributed by atoms with E-state index >= 15 is 0 Å². The minimum atomic E-state index is 0.547. The van der Waals surface area contributed by atoms with Crippen molar-refractivity contribution in [1.82, 2.24) is 5.32 Å². The number of hydrogen-bond acceptors (Lipinski definition) is 2. The summed E-state index contributed by atoms with van der Waals surface area (Å²) in [6, 6.07) is 9.54. The first kappa shape index (κ1) is 8.80. The van der Waals surface area contributed by atoms with Gasteiger partial charge in [0, 0.05) is 5.92 Å². The smallest absolute Gasteiger partial charge is 0.0827 e. The number of nitrogens with zero attached hydrogens (tertiary/aromatic N) is 1. The molecule has 2 heteroatoms. The third-order valence-electron chi connectivity index (χ3n) is 4.57. The molecular formula is C14H16N2. The molecule has 2 atom stereocenters. The van der Waals surface area contributed by atoms with E-state index in [1.54, 1.807) is 11.1 Å². The summed E-state index contributed by atoms with van der Waals surface area (Å²) in [5, 5.41) is 3.44. The normalized spacial score (nSPS) is 32.8. The standard InChI is InChI=1S/C14H16N2/c1-2-4-11-10(3-1)7-14(5-6-14)13(11)12-8-15-9-16-12/h1-4,9,12-13H,5-8H2,(H,15,16). The van der Waals surface area contributed by atoms with E-state index in [1.807, 2.05) is 6.34 Å². The van der Waals surface area contributed by atoms with Gasteiger partial charge >= 0.3 is 0 Å². The summed E-state index contributed by atoms with van der Waals surface area (Å²) < 4.78 is 0. The molecule has 16 heavy (non-hydrogen) atoms. The molecular weight excluding hydrogens is 196 g/mol. The van der Waals surface area contributed by atoms with Crippen LogP contribution in [0, 0.1) is 5.41 Å². The highest BCUT2D eigenvalue weighted by Crippen LogP contribution is 2.64. The van der Waals surface area contributed by atoms with Crippen molar-refractivity contribution in [2.45, 2.75) is 31.2 Å². The summed E-state index contributed by atoms with van der Waals surface area (Å²) in [7, 11) is 0. The van der Waals surface area contributed by atoms with Crippen molar-refractivity contribution < 1.29 is 0 Å². The Kier molecular flexibility index (Phi) is 1.58. The summed E-state index contributed by atoms with van der Waals surface area (Å²) in [5.74, 6) is 0.700. The zero-order valence-electron chi connectivity index (χ0n) is 9.32. The maximum atomic E-state index is 4.34. The van der Waals surface area contributed by atoms with Crippen LogP contribution < -0.4 is 5.32 Å². The van der Waals surface area contributed by atoms with Gasteiger partial charge in [-0.15, -0.1) is 0 Å². The lowest BCUT2D eigenvalue weighted by Crippen LogP contribution is -2.35. The van der Waals surface area contributed by atoms with Crippen molar-refractivity contribution in [3.63, 3.8) is 0 Å². The van der Waals surface area contributed by atoms with Crippen molar-refractivity contribution in [3.05, 3.63) is 35.4 Å². The van der Waals surface area contributed by atoms with E-state index in [0.29, 0.717) is 17.4 Å². The quantitative estimate of drug-likeness (QED) is 0.757. The average Bonchev–Trinajstić information content (AvgIpc) is 2.77. The molecule has 0 aromatic heterocycles. The topological polar surface area (TPSA) is 24.4 Å². The Morgan fingerprint density at radius 1 is 1.25 bits per heavy atom. The summed E-state index contributed by atoms with van der Waals surface area (Å²) in [6.45, 7) is 0.959. The fourth-order valence-electron chi connectivity index (χ4n) is 3.68. The van der Waals surface area contributed by atoms with E-state index in [4.69, 9.17) is 0 Å². The first-order valence-electron chi connectivity index (χ1n) is 6.21. The maximum Gasteiger partial charge on any atom is 0.0827 e. The van der Waals surface area contributed by atoms with Crippen LogP contribution in [0.4, 0.5) is 0 Å². The zero-order valence-corrected chi connectivity index (χ0v) is 9.32. The Hall–Kier alpha value is -1.31. The van der Waals surface area contributed by atoms with Crippen molar-refractivity contribution in [2.75, 3.05) is 6.54 Å². The second-order valence-corrected chi connectivity index (χ2v) is 5.48. The van der Waals surface area contributed by atoms with Crippen molar-refractivity contribution in [3.8, 4) is 0 Å². The summed E-state index contributed by atoms with van der Waals surface area (Å²) in [6.07, 6.45) is 6.00. The molecule has 1 heterocycles. The molecule has 4 rings (SSSR count). The molecule has 1 aromatic rings. The number of nitrogens with one attached hydrogen (secondary N) is 1. The van der Waals surface area contributed by atoms with Gasteiger partial charge in [-0.1, -0.05) is 24.3 Å². The highest BCUT2D eigenvalue weighted by atomic mass is 15.1. The molecule has 0 bridgehead atoms. The van der Waals surface area contributed by atoms with Gasteiger partial charge in [-0.2, -0.15) is 0 Å². The molecule has 2 nitrogen and oxygen atoms in total. The highest BCUT2D eigenvalue weighted by molar-refractivity contribution is 5.59. The molecule has 0 saturated heterocycles. The van der Waals surface area contributed by atoms with E-state index in [0.717, 1.165) is 6.54 Å². The molecule has 2 unspecified atom stereocenters. The average molecular weight is 212 g/mol. The van der Waals surface area contributed by atoms with Gasteiger partial charge in [0.15, 0.2) is 0 Å². The highest BCUT2D eigenvalue weighted by Gasteiger charge is 2.56. The van der Waals surface area contributed by atoms with Crippen LogP contribution >= 0.6 is 0 Å². The van der Waals surface area contributed by atoms with Gasteiger partial charge in [0.1, 0.15) is 0 Å². The third-order valence-corrected chi connectivity index (χ3v) is 4.57. The Morgan fingerprint density at radius 2 is 2.12 bits per heavy atom. The molecule has 1 spiro atoms. The lowest BCUT2D eigenvalue weighted by atomic mass is 9.83. The van der Waals surface area contributed by atoms with Crippen LogP contribution in [0.15, 0.2) is 29.3 Å². The second kappa shape index (κ2) is 2.88. The molecule has 82 valence electrons. The molecule has 1 aromatic carbocycles. The Balaban J connectivity index is 1.78.